The Morgan fingerprint density at radius 1 is 0.931 bits per heavy atom. The van der Waals surface area contributed by atoms with Crippen LogP contribution in [0.1, 0.15) is 29.7 Å². The van der Waals surface area contributed by atoms with E-state index in [0.717, 1.165) is 24.2 Å². The number of hydrogen-bond acceptors (Lipinski definition) is 3. The van der Waals surface area contributed by atoms with E-state index in [1.54, 1.807) is 18.4 Å². The number of nitrogens with zero attached hydrogens (tertiary/aromatic N) is 2. The van der Waals surface area contributed by atoms with Crippen molar-refractivity contribution < 1.29 is 13.6 Å². The van der Waals surface area contributed by atoms with Gasteiger partial charge < -0.3 is 9.32 Å². The summed E-state index contributed by atoms with van der Waals surface area (Å²) >= 11 is 0. The van der Waals surface area contributed by atoms with Crippen LogP contribution in [0.25, 0.3) is 0 Å². The number of hydrogen-bond donors (Lipinski definition) is 0. The normalized spacial score (nSPS) is 13.6. The molecule has 0 spiro atoms. The van der Waals surface area contributed by atoms with Gasteiger partial charge in [-0.2, -0.15) is 0 Å². The third-order valence-electron chi connectivity index (χ3n) is 5.23. The molecule has 1 aromatic heterocycles. The average Bonchev–Trinajstić information content (AvgIpc) is 3.46. The van der Waals surface area contributed by atoms with E-state index in [1.165, 1.54) is 6.07 Å². The van der Waals surface area contributed by atoms with Crippen molar-refractivity contribution in [2.45, 2.75) is 38.5 Å². The highest BCUT2D eigenvalue weighted by Crippen LogP contribution is 2.29. The van der Waals surface area contributed by atoms with Crippen molar-refractivity contribution in [3.8, 4) is 0 Å². The zero-order valence-corrected chi connectivity index (χ0v) is 16.3. The molecule has 0 unspecified atom stereocenters. The minimum absolute atomic E-state index is 0.0218. The summed E-state index contributed by atoms with van der Waals surface area (Å²) < 4.78 is 19.6. The van der Waals surface area contributed by atoms with Gasteiger partial charge in [-0.3, -0.25) is 9.69 Å². The number of amides is 1. The Kier molecular flexibility index (Phi) is 6.06. The number of rotatable bonds is 9. The summed E-state index contributed by atoms with van der Waals surface area (Å²) in [6, 6.07) is 20.8. The van der Waals surface area contributed by atoms with Crippen LogP contribution in [-0.2, 0) is 24.4 Å². The topological polar surface area (TPSA) is 36.7 Å². The van der Waals surface area contributed by atoms with Crippen LogP contribution in [0.15, 0.2) is 77.4 Å². The summed E-state index contributed by atoms with van der Waals surface area (Å²) in [5, 5.41) is 0. The fourth-order valence-corrected chi connectivity index (χ4v) is 3.50. The quantitative estimate of drug-likeness (QED) is 0.534. The lowest BCUT2D eigenvalue weighted by atomic mass is 10.2. The van der Waals surface area contributed by atoms with E-state index >= 15 is 0 Å². The van der Waals surface area contributed by atoms with Gasteiger partial charge in [-0.25, -0.2) is 4.39 Å². The van der Waals surface area contributed by atoms with Gasteiger partial charge >= 0.3 is 0 Å². The lowest BCUT2D eigenvalue weighted by Gasteiger charge is -2.27. The fourth-order valence-electron chi connectivity index (χ4n) is 3.50. The molecule has 29 heavy (non-hydrogen) atoms. The van der Waals surface area contributed by atoms with Gasteiger partial charge in [0.05, 0.1) is 19.4 Å². The number of carbonyl (C=O) groups is 1. The van der Waals surface area contributed by atoms with Gasteiger partial charge in [-0.1, -0.05) is 48.5 Å². The SMILES string of the molecule is O=C(CN(Cc1ccccc1F)C1CC1)N(Cc1ccccc1)Cc1ccco1. The first-order valence-corrected chi connectivity index (χ1v) is 10.0. The summed E-state index contributed by atoms with van der Waals surface area (Å²) in [5.74, 6) is 0.553. The van der Waals surface area contributed by atoms with Crippen molar-refractivity contribution in [2.75, 3.05) is 6.54 Å². The van der Waals surface area contributed by atoms with Gasteiger partial charge in [0, 0.05) is 24.7 Å². The maximum absolute atomic E-state index is 14.1. The zero-order chi connectivity index (χ0) is 20.1. The van der Waals surface area contributed by atoms with Crippen LogP contribution in [0, 0.1) is 5.82 Å². The van der Waals surface area contributed by atoms with Crippen molar-refractivity contribution in [1.29, 1.82) is 0 Å². The van der Waals surface area contributed by atoms with Crippen LogP contribution in [-0.4, -0.2) is 28.3 Å². The minimum Gasteiger partial charge on any atom is -0.467 e. The Labute approximate surface area is 170 Å². The molecule has 0 atom stereocenters. The van der Waals surface area contributed by atoms with Crippen LogP contribution >= 0.6 is 0 Å². The molecular formula is C24H25FN2O2. The molecule has 3 aromatic rings. The molecule has 4 rings (SSSR count). The van der Waals surface area contributed by atoms with E-state index in [2.05, 4.69) is 4.90 Å². The van der Waals surface area contributed by atoms with Crippen LogP contribution in [0.3, 0.4) is 0 Å². The lowest BCUT2D eigenvalue weighted by Crippen LogP contribution is -2.40. The number of furan rings is 1. The number of carbonyl (C=O) groups excluding carboxylic acids is 1. The van der Waals surface area contributed by atoms with Gasteiger partial charge in [-0.05, 0) is 36.6 Å². The monoisotopic (exact) mass is 392 g/mol. The van der Waals surface area contributed by atoms with E-state index in [1.807, 2.05) is 53.4 Å². The zero-order valence-electron chi connectivity index (χ0n) is 16.3. The number of benzene rings is 2. The molecule has 1 heterocycles. The van der Waals surface area contributed by atoms with E-state index in [9.17, 15) is 9.18 Å². The first-order chi connectivity index (χ1) is 14.2. The molecule has 1 saturated carbocycles. The second-order valence-corrected chi connectivity index (χ2v) is 7.54. The summed E-state index contributed by atoms with van der Waals surface area (Å²) in [6.07, 6.45) is 3.73. The summed E-state index contributed by atoms with van der Waals surface area (Å²) in [7, 11) is 0. The maximum atomic E-state index is 14.1. The third-order valence-corrected chi connectivity index (χ3v) is 5.23. The smallest absolute Gasteiger partial charge is 0.237 e. The molecule has 0 saturated heterocycles. The fraction of sp³-hybridized carbons (Fsp3) is 0.292. The molecule has 150 valence electrons. The minimum atomic E-state index is -0.220. The molecule has 1 amide bonds. The van der Waals surface area contributed by atoms with Crippen LogP contribution in [0.5, 0.6) is 0 Å². The number of halogens is 1. The largest absolute Gasteiger partial charge is 0.467 e. The summed E-state index contributed by atoms with van der Waals surface area (Å²) in [5.41, 5.74) is 1.70. The highest BCUT2D eigenvalue weighted by molar-refractivity contribution is 5.78. The van der Waals surface area contributed by atoms with Gasteiger partial charge in [0.25, 0.3) is 0 Å². The average molecular weight is 392 g/mol. The van der Waals surface area contributed by atoms with Gasteiger partial charge in [0.1, 0.15) is 11.6 Å². The summed E-state index contributed by atoms with van der Waals surface area (Å²) in [6.45, 7) is 1.65. The molecular weight excluding hydrogens is 367 g/mol. The molecule has 0 radical (unpaired) electrons. The van der Waals surface area contributed by atoms with E-state index < -0.39 is 0 Å². The predicted octanol–water partition coefficient (Wildman–Crippen LogP) is 4.61. The first-order valence-electron chi connectivity index (χ1n) is 10.0. The lowest BCUT2D eigenvalue weighted by molar-refractivity contribution is -0.134. The molecule has 1 aliphatic carbocycles. The maximum Gasteiger partial charge on any atom is 0.237 e. The van der Waals surface area contributed by atoms with Crippen molar-refractivity contribution >= 4 is 5.91 Å². The van der Waals surface area contributed by atoms with Crippen molar-refractivity contribution in [1.82, 2.24) is 9.80 Å². The molecule has 0 aliphatic heterocycles. The highest BCUT2D eigenvalue weighted by atomic mass is 19.1. The Hall–Kier alpha value is -2.92. The molecule has 2 aromatic carbocycles. The highest BCUT2D eigenvalue weighted by Gasteiger charge is 2.32. The first kappa shape index (κ1) is 19.4. The summed E-state index contributed by atoms with van der Waals surface area (Å²) in [4.78, 5) is 17.1. The molecule has 0 N–H and O–H groups in total. The van der Waals surface area contributed by atoms with Crippen LogP contribution < -0.4 is 0 Å². The Bertz CT molecular complexity index is 923. The van der Waals surface area contributed by atoms with Crippen molar-refractivity contribution in [2.24, 2.45) is 0 Å². The van der Waals surface area contributed by atoms with E-state index in [-0.39, 0.29) is 18.3 Å². The van der Waals surface area contributed by atoms with Gasteiger partial charge in [-0.15, -0.1) is 0 Å². The molecule has 4 nitrogen and oxygen atoms in total. The Morgan fingerprint density at radius 2 is 1.69 bits per heavy atom. The van der Waals surface area contributed by atoms with Crippen molar-refractivity contribution in [3.63, 3.8) is 0 Å². The van der Waals surface area contributed by atoms with E-state index in [0.29, 0.717) is 31.2 Å². The predicted molar refractivity (Wildman–Crippen MR) is 109 cm³/mol. The third kappa shape index (κ3) is 5.33. The molecule has 0 bridgehead atoms. The standard InChI is InChI=1S/C24H25FN2O2/c25-23-11-5-4-9-20(23)16-26(21-12-13-21)18-24(28)27(17-22-10-6-14-29-22)15-19-7-2-1-3-8-19/h1-11,14,21H,12-13,15-18H2. The molecule has 1 aliphatic rings. The molecule has 5 heteroatoms. The molecule has 1 fully saturated rings. The second kappa shape index (κ2) is 9.05. The van der Waals surface area contributed by atoms with Gasteiger partial charge in [0.15, 0.2) is 0 Å². The second-order valence-electron chi connectivity index (χ2n) is 7.54. The van der Waals surface area contributed by atoms with Crippen LogP contribution in [0.2, 0.25) is 0 Å². The Balaban J connectivity index is 1.48. The van der Waals surface area contributed by atoms with E-state index in [4.69, 9.17) is 4.42 Å². The van der Waals surface area contributed by atoms with Crippen molar-refractivity contribution in [3.05, 3.63) is 95.7 Å². The van der Waals surface area contributed by atoms with Crippen LogP contribution in [0.4, 0.5) is 4.39 Å². The Morgan fingerprint density at radius 3 is 2.38 bits per heavy atom. The van der Waals surface area contributed by atoms with Gasteiger partial charge in [0.2, 0.25) is 5.91 Å².